The summed E-state index contributed by atoms with van der Waals surface area (Å²) in [6.45, 7) is 5.42. The van der Waals surface area contributed by atoms with Crippen LogP contribution < -0.4 is 70.4 Å². The van der Waals surface area contributed by atoms with Gasteiger partial charge in [-0.15, -0.1) is 0 Å². The van der Waals surface area contributed by atoms with Crippen molar-refractivity contribution in [1.82, 2.24) is 58.2 Å². The summed E-state index contributed by atoms with van der Waals surface area (Å²) in [7, 11) is 0. The largest absolute Gasteiger partial charge is 0.370 e. The summed E-state index contributed by atoms with van der Waals surface area (Å²) in [6.07, 6.45) is 4.88. The molecule has 25 nitrogen and oxygen atoms in total. The molecule has 9 amide bonds. The third-order valence-electron chi connectivity index (χ3n) is 12.2. The lowest BCUT2D eigenvalue weighted by Gasteiger charge is -2.27. The lowest BCUT2D eigenvalue weighted by molar-refractivity contribution is -0.136. The first kappa shape index (κ1) is 62.0. The van der Waals surface area contributed by atoms with Crippen LogP contribution >= 0.6 is 0 Å². The van der Waals surface area contributed by atoms with Gasteiger partial charge in [-0.25, -0.2) is 0 Å². The van der Waals surface area contributed by atoms with E-state index in [1.54, 1.807) is 30.3 Å². The smallest absolute Gasteiger partial charge is 0.243 e. The van der Waals surface area contributed by atoms with Gasteiger partial charge in [0.1, 0.15) is 36.3 Å². The number of benzene rings is 2. The number of fused-ring (bicyclic) bond motifs is 1. The molecule has 0 fully saturated rings. The van der Waals surface area contributed by atoms with E-state index in [0.29, 0.717) is 50.5 Å². The minimum Gasteiger partial charge on any atom is -0.370 e. The molecule has 3 rings (SSSR count). The first-order chi connectivity index (χ1) is 36.3. The maximum absolute atomic E-state index is 14.5. The van der Waals surface area contributed by atoms with Crippen LogP contribution in [-0.4, -0.2) is 132 Å². The number of aromatic nitrogens is 1. The summed E-state index contributed by atoms with van der Waals surface area (Å²) in [6, 6.07) is 8.91. The fourth-order valence-electron chi connectivity index (χ4n) is 8.25. The van der Waals surface area contributed by atoms with Crippen molar-refractivity contribution in [2.24, 2.45) is 17.2 Å². The van der Waals surface area contributed by atoms with E-state index >= 15 is 0 Å². The number of aromatic amines is 1. The Morgan fingerprint density at radius 3 is 1.66 bits per heavy atom. The molecule has 0 saturated carbocycles. The van der Waals surface area contributed by atoms with E-state index in [-0.39, 0.29) is 76.1 Å². The summed E-state index contributed by atoms with van der Waals surface area (Å²) < 4.78 is 0. The fourth-order valence-corrected chi connectivity index (χ4v) is 8.25. The van der Waals surface area contributed by atoms with Gasteiger partial charge in [-0.2, -0.15) is 0 Å². The van der Waals surface area contributed by atoms with Gasteiger partial charge in [0.05, 0.1) is 6.42 Å². The summed E-state index contributed by atoms with van der Waals surface area (Å²) in [5.74, 6) is -6.19. The number of hydrogen-bond donors (Lipinski definition) is 16. The fraction of sp³-hybridized carbons (Fsp3) is 0.510. The predicted molar refractivity (Wildman–Crippen MR) is 287 cm³/mol. The molecule has 0 aliphatic rings. The van der Waals surface area contributed by atoms with Crippen LogP contribution in [0.15, 0.2) is 60.8 Å². The van der Waals surface area contributed by atoms with Crippen LogP contribution in [0.5, 0.6) is 0 Å². The zero-order chi connectivity index (χ0) is 56.0. The average molecular weight is 1060 g/mol. The van der Waals surface area contributed by atoms with E-state index in [9.17, 15) is 43.2 Å². The van der Waals surface area contributed by atoms with Crippen LogP contribution in [0.4, 0.5) is 0 Å². The standard InChI is InChI=1S/C51H78N16O9/c1-4-5-18-39(64-49(76)42(28-43(70)57-23-12-11-20-37(44(52)71)61-30-68)67-46(73)38(63-32(3)69)21-13-24-58-50(53)54)47(74)66-41(27-33-15-7-6-8-16-33)48(75)65-40(22-14-25-59-51(55)56)45(72)62-31(2)26-34-29-60-36-19-10-9-17-35(34)36/h6-10,15-17,19,29-31,37-42,60H,4-5,11-14,18,20-28H2,1-3H3,(H2,52,71)(H,57,70)(H,61,68)(H,62,72)(H,63,69)(H,64,76)(H,65,75)(H,66,74)(H,67,73)(H4,53,54,58)(H4,55,56,59)/t31-,37+,38+,39-,40+,41-,42+/m1/s1. The molecule has 0 spiro atoms. The van der Waals surface area contributed by atoms with Crippen molar-refractivity contribution in [2.75, 3.05) is 19.6 Å². The molecular weight excluding hydrogens is 981 g/mol. The Hall–Kier alpha value is -8.25. The van der Waals surface area contributed by atoms with Crippen LogP contribution in [-0.2, 0) is 56.0 Å². The van der Waals surface area contributed by atoms with Crippen molar-refractivity contribution in [3.63, 3.8) is 0 Å². The first-order valence-electron chi connectivity index (χ1n) is 25.6. The molecule has 0 saturated heterocycles. The number of carbonyl (C=O) groups excluding carboxylic acids is 9. The summed E-state index contributed by atoms with van der Waals surface area (Å²) in [4.78, 5) is 123. The molecule has 0 aliphatic carbocycles. The van der Waals surface area contributed by atoms with Crippen molar-refractivity contribution >= 4 is 76.5 Å². The highest BCUT2D eigenvalue weighted by atomic mass is 16.2. The summed E-state index contributed by atoms with van der Waals surface area (Å²) in [5.41, 5.74) is 18.8. The monoisotopic (exact) mass is 1060 g/mol. The quantitative estimate of drug-likeness (QED) is 0.0142. The Bertz CT molecular complexity index is 2420. The van der Waals surface area contributed by atoms with Crippen molar-refractivity contribution in [3.05, 3.63) is 71.9 Å². The minimum absolute atomic E-state index is 0.0217. The van der Waals surface area contributed by atoms with E-state index in [0.717, 1.165) is 16.5 Å². The maximum Gasteiger partial charge on any atom is 0.243 e. The van der Waals surface area contributed by atoms with Crippen molar-refractivity contribution < 1.29 is 43.2 Å². The van der Waals surface area contributed by atoms with Crippen LogP contribution in [0.25, 0.3) is 10.9 Å². The van der Waals surface area contributed by atoms with Gasteiger partial charge in [0.15, 0.2) is 11.9 Å². The number of para-hydroxylation sites is 1. The lowest BCUT2D eigenvalue weighted by Crippen LogP contribution is -2.60. The highest BCUT2D eigenvalue weighted by Gasteiger charge is 2.34. The number of nitrogens with two attached hydrogens (primary N) is 3. The number of H-pyrrole nitrogens is 1. The Morgan fingerprint density at radius 2 is 1.08 bits per heavy atom. The summed E-state index contributed by atoms with van der Waals surface area (Å²) in [5, 5.41) is 42.8. The zero-order valence-electron chi connectivity index (χ0n) is 43.6. The molecule has 2 aromatic carbocycles. The molecule has 3 aromatic rings. The molecule has 0 unspecified atom stereocenters. The number of carbonyl (C=O) groups is 9. The number of nitrogens with one attached hydrogen (secondary N) is 13. The van der Waals surface area contributed by atoms with E-state index in [1.807, 2.05) is 44.3 Å². The van der Waals surface area contributed by atoms with Gasteiger partial charge in [0.25, 0.3) is 0 Å². The SMILES string of the molecule is CCCC[C@@H](NC(=O)[C@H](CC(=O)NCCCC[C@H](NC=O)C(N)=O)NC(=O)[C@H](CCCNC(=N)N)NC(C)=O)C(=O)N[C@H](Cc1ccccc1)C(=O)N[C@@H](CCCNC(=N)N)C(=O)N[C@H](C)Cc1c[nH]c2ccccc12. The molecule has 1 aromatic heterocycles. The van der Waals surface area contributed by atoms with Gasteiger partial charge in [0.2, 0.25) is 53.7 Å². The Balaban J connectivity index is 1.89. The summed E-state index contributed by atoms with van der Waals surface area (Å²) >= 11 is 0. The van der Waals surface area contributed by atoms with Crippen LogP contribution in [0.2, 0.25) is 0 Å². The molecule has 25 heteroatoms. The maximum atomic E-state index is 14.5. The second-order valence-electron chi connectivity index (χ2n) is 18.6. The van der Waals surface area contributed by atoms with E-state index in [2.05, 4.69) is 58.2 Å². The van der Waals surface area contributed by atoms with Crippen molar-refractivity contribution in [2.45, 2.75) is 147 Å². The van der Waals surface area contributed by atoms with Gasteiger partial charge in [-0.1, -0.05) is 68.3 Å². The zero-order valence-corrected chi connectivity index (χ0v) is 43.6. The Morgan fingerprint density at radius 1 is 0.579 bits per heavy atom. The van der Waals surface area contributed by atoms with E-state index in [4.69, 9.17) is 28.0 Å². The molecule has 0 bridgehead atoms. The number of hydrogen-bond acceptors (Lipinski definition) is 11. The second kappa shape index (κ2) is 33.5. The number of rotatable bonds is 36. The molecule has 0 radical (unpaired) electrons. The Kier molecular flexibility index (Phi) is 27.4. The van der Waals surface area contributed by atoms with Gasteiger partial charge < -0.3 is 75.4 Å². The van der Waals surface area contributed by atoms with Crippen LogP contribution in [0.3, 0.4) is 0 Å². The van der Waals surface area contributed by atoms with Gasteiger partial charge >= 0.3 is 0 Å². The van der Waals surface area contributed by atoms with E-state index < -0.39 is 89.9 Å². The number of guanidine groups is 2. The third kappa shape index (κ3) is 23.3. The normalized spacial score (nSPS) is 13.6. The molecule has 19 N–H and O–H groups in total. The van der Waals surface area contributed by atoms with Gasteiger partial charge in [-0.05, 0) is 81.9 Å². The lowest BCUT2D eigenvalue weighted by atomic mass is 10.0. The topological polar surface area (TPSA) is 415 Å². The number of primary amides is 1. The van der Waals surface area contributed by atoms with Crippen LogP contribution in [0, 0.1) is 10.8 Å². The number of amides is 9. The molecule has 7 atom stereocenters. The molecule has 416 valence electrons. The third-order valence-corrected chi connectivity index (χ3v) is 12.2. The van der Waals surface area contributed by atoms with Crippen molar-refractivity contribution in [3.8, 4) is 0 Å². The molecule has 76 heavy (non-hydrogen) atoms. The highest BCUT2D eigenvalue weighted by molar-refractivity contribution is 5.98. The molecule has 1 heterocycles. The first-order valence-corrected chi connectivity index (χ1v) is 25.6. The minimum atomic E-state index is -1.59. The van der Waals surface area contributed by atoms with Gasteiger partial charge in [-0.3, -0.25) is 54.0 Å². The number of unbranched alkanes of at least 4 members (excludes halogenated alkanes) is 2. The second-order valence-corrected chi connectivity index (χ2v) is 18.6. The average Bonchev–Trinajstić information content (AvgIpc) is 3.77. The van der Waals surface area contributed by atoms with E-state index in [1.165, 1.54) is 6.92 Å². The Labute approximate surface area is 442 Å². The van der Waals surface area contributed by atoms with Gasteiger partial charge in [0, 0.05) is 56.1 Å². The van der Waals surface area contributed by atoms with Crippen LogP contribution in [0.1, 0.15) is 103 Å². The highest BCUT2D eigenvalue weighted by Crippen LogP contribution is 2.19. The van der Waals surface area contributed by atoms with Crippen molar-refractivity contribution in [1.29, 1.82) is 10.8 Å². The molecule has 0 aliphatic heterocycles. The predicted octanol–water partition coefficient (Wildman–Crippen LogP) is -1.11. The molecular formula is C51H78N16O9.